The average Bonchev–Trinajstić information content (AvgIpc) is 3.18. The third kappa shape index (κ3) is 4.44. The van der Waals surface area contributed by atoms with Crippen LogP contribution in [0.4, 0.5) is 5.69 Å². The highest BCUT2D eigenvalue weighted by atomic mass is 16.5. The number of amides is 1. The summed E-state index contributed by atoms with van der Waals surface area (Å²) in [7, 11) is 0. The van der Waals surface area contributed by atoms with Crippen LogP contribution < -0.4 is 10.2 Å². The van der Waals surface area contributed by atoms with E-state index < -0.39 is 0 Å². The lowest BCUT2D eigenvalue weighted by molar-refractivity contribution is -0.919. The second kappa shape index (κ2) is 8.18. The lowest BCUT2D eigenvalue weighted by atomic mass is 9.95. The van der Waals surface area contributed by atoms with Crippen LogP contribution in [0.3, 0.4) is 0 Å². The molecule has 0 saturated carbocycles. The molecule has 0 radical (unpaired) electrons. The monoisotopic (exact) mass is 362 g/mol. The molecule has 0 unspecified atom stereocenters. The zero-order chi connectivity index (χ0) is 18.5. The van der Waals surface area contributed by atoms with Crippen molar-refractivity contribution in [2.75, 3.05) is 18.4 Å². The summed E-state index contributed by atoms with van der Waals surface area (Å²) in [6.07, 6.45) is 1.80. The number of piperidine rings is 1. The first kappa shape index (κ1) is 17.5. The van der Waals surface area contributed by atoms with Crippen molar-refractivity contribution in [2.45, 2.75) is 19.4 Å². The van der Waals surface area contributed by atoms with E-state index in [2.05, 4.69) is 10.5 Å². The lowest BCUT2D eigenvalue weighted by Crippen LogP contribution is -3.11. The summed E-state index contributed by atoms with van der Waals surface area (Å²) < 4.78 is 5.49. The van der Waals surface area contributed by atoms with Crippen LogP contribution in [0.25, 0.3) is 11.3 Å². The third-order valence-corrected chi connectivity index (χ3v) is 5.15. The smallest absolute Gasteiger partial charge is 0.227 e. The van der Waals surface area contributed by atoms with Gasteiger partial charge in [0.15, 0.2) is 5.76 Å². The number of hydrogen-bond acceptors (Lipinski definition) is 3. The predicted octanol–water partition coefficient (Wildman–Crippen LogP) is 2.78. The average molecular weight is 362 g/mol. The number of carbonyl (C=O) groups excluding carboxylic acids is 1. The van der Waals surface area contributed by atoms with E-state index in [1.807, 2.05) is 66.7 Å². The SMILES string of the molecule is O=C(Nc1ccccc1)C1CC[NH+](Cc2cc(-c3ccccc3)on2)CC1. The van der Waals surface area contributed by atoms with Gasteiger partial charge in [0.25, 0.3) is 0 Å². The van der Waals surface area contributed by atoms with Crippen LogP contribution in [0.1, 0.15) is 18.5 Å². The number of rotatable bonds is 5. The fraction of sp³-hybridized carbons (Fsp3) is 0.273. The molecule has 1 aliphatic heterocycles. The van der Waals surface area contributed by atoms with E-state index in [4.69, 9.17) is 4.52 Å². The molecule has 2 aromatic carbocycles. The molecule has 1 saturated heterocycles. The van der Waals surface area contributed by atoms with Crippen molar-refractivity contribution >= 4 is 11.6 Å². The van der Waals surface area contributed by atoms with Gasteiger partial charge >= 0.3 is 0 Å². The maximum Gasteiger partial charge on any atom is 0.227 e. The van der Waals surface area contributed by atoms with Gasteiger partial charge in [0, 0.05) is 36.1 Å². The number of para-hydroxylation sites is 1. The molecule has 5 heteroatoms. The van der Waals surface area contributed by atoms with Gasteiger partial charge in [0.05, 0.1) is 13.1 Å². The van der Waals surface area contributed by atoms with E-state index in [-0.39, 0.29) is 11.8 Å². The van der Waals surface area contributed by atoms with E-state index in [9.17, 15) is 4.79 Å². The molecular formula is C22H24N3O2+. The van der Waals surface area contributed by atoms with Gasteiger partial charge in [-0.3, -0.25) is 4.79 Å². The topological polar surface area (TPSA) is 59.6 Å². The van der Waals surface area contributed by atoms with Gasteiger partial charge in [-0.1, -0.05) is 53.7 Å². The second-order valence-corrected chi connectivity index (χ2v) is 7.10. The normalized spacial score (nSPS) is 19.6. The van der Waals surface area contributed by atoms with E-state index in [0.29, 0.717) is 0 Å². The molecule has 3 aromatic rings. The molecule has 0 aliphatic carbocycles. The van der Waals surface area contributed by atoms with Crippen LogP contribution in [-0.4, -0.2) is 24.2 Å². The van der Waals surface area contributed by atoms with Crippen molar-refractivity contribution in [3.05, 3.63) is 72.4 Å². The molecule has 27 heavy (non-hydrogen) atoms. The highest BCUT2D eigenvalue weighted by Gasteiger charge is 2.28. The molecule has 5 nitrogen and oxygen atoms in total. The van der Waals surface area contributed by atoms with Crippen LogP contribution >= 0.6 is 0 Å². The summed E-state index contributed by atoms with van der Waals surface area (Å²) in [5, 5.41) is 7.24. The van der Waals surface area contributed by atoms with Gasteiger partial charge in [0.1, 0.15) is 12.2 Å². The Morgan fingerprint density at radius 1 is 1.04 bits per heavy atom. The number of aromatic nitrogens is 1. The minimum absolute atomic E-state index is 0.0890. The number of anilines is 1. The Labute approximate surface area is 159 Å². The Morgan fingerprint density at radius 2 is 1.70 bits per heavy atom. The van der Waals surface area contributed by atoms with E-state index in [1.165, 1.54) is 4.90 Å². The van der Waals surface area contributed by atoms with Gasteiger partial charge in [-0.25, -0.2) is 0 Å². The Bertz CT molecular complexity index is 869. The van der Waals surface area contributed by atoms with Crippen LogP contribution in [0.15, 0.2) is 71.3 Å². The molecule has 0 bridgehead atoms. The number of nitrogens with one attached hydrogen (secondary N) is 2. The summed E-state index contributed by atoms with van der Waals surface area (Å²) in [6.45, 7) is 2.78. The van der Waals surface area contributed by atoms with Crippen LogP contribution in [0.2, 0.25) is 0 Å². The number of carbonyl (C=O) groups is 1. The largest absolute Gasteiger partial charge is 0.356 e. The Balaban J connectivity index is 1.28. The number of nitrogens with zero attached hydrogens (tertiary/aromatic N) is 1. The zero-order valence-corrected chi connectivity index (χ0v) is 15.2. The molecule has 1 aliphatic rings. The highest BCUT2D eigenvalue weighted by Crippen LogP contribution is 2.19. The number of hydrogen-bond donors (Lipinski definition) is 2. The van der Waals surface area contributed by atoms with Crippen molar-refractivity contribution in [3.8, 4) is 11.3 Å². The molecule has 1 aromatic heterocycles. The molecular weight excluding hydrogens is 338 g/mol. The standard InChI is InChI=1S/C22H23N3O2/c26-22(23-19-9-5-2-6-10-19)18-11-13-25(14-12-18)16-20-15-21(27-24-20)17-7-3-1-4-8-17/h1-10,15,18H,11-14,16H2,(H,23,26)/p+1. The molecule has 138 valence electrons. The third-order valence-electron chi connectivity index (χ3n) is 5.15. The van der Waals surface area contributed by atoms with E-state index in [0.717, 1.165) is 55.2 Å². The Morgan fingerprint density at radius 3 is 2.41 bits per heavy atom. The minimum Gasteiger partial charge on any atom is -0.356 e. The molecule has 2 heterocycles. The van der Waals surface area contributed by atoms with Crippen LogP contribution in [0, 0.1) is 5.92 Å². The second-order valence-electron chi connectivity index (χ2n) is 7.10. The fourth-order valence-corrected chi connectivity index (χ4v) is 3.62. The molecule has 1 fully saturated rings. The van der Waals surface area contributed by atoms with Crippen molar-refractivity contribution in [3.63, 3.8) is 0 Å². The summed E-state index contributed by atoms with van der Waals surface area (Å²) in [6, 6.07) is 21.7. The van der Waals surface area contributed by atoms with Gasteiger partial charge in [0.2, 0.25) is 5.91 Å². The van der Waals surface area contributed by atoms with E-state index in [1.54, 1.807) is 0 Å². The van der Waals surface area contributed by atoms with Gasteiger partial charge in [-0.15, -0.1) is 0 Å². The maximum atomic E-state index is 12.4. The quantitative estimate of drug-likeness (QED) is 0.734. The molecule has 2 N–H and O–H groups in total. The summed E-state index contributed by atoms with van der Waals surface area (Å²) in [5.41, 5.74) is 2.88. The number of benzene rings is 2. The van der Waals surface area contributed by atoms with Crippen molar-refractivity contribution < 1.29 is 14.2 Å². The van der Waals surface area contributed by atoms with E-state index >= 15 is 0 Å². The summed E-state index contributed by atoms with van der Waals surface area (Å²) in [4.78, 5) is 13.9. The van der Waals surface area contributed by atoms with Crippen molar-refractivity contribution in [1.29, 1.82) is 0 Å². The lowest BCUT2D eigenvalue weighted by Gasteiger charge is -2.28. The molecule has 0 spiro atoms. The first-order valence-electron chi connectivity index (χ1n) is 9.48. The molecule has 0 atom stereocenters. The predicted molar refractivity (Wildman–Crippen MR) is 104 cm³/mol. The Hall–Kier alpha value is -2.92. The number of likely N-dealkylation sites (tertiary alicyclic amines) is 1. The summed E-state index contributed by atoms with van der Waals surface area (Å²) in [5.74, 6) is 1.03. The zero-order valence-electron chi connectivity index (χ0n) is 15.2. The van der Waals surface area contributed by atoms with Gasteiger partial charge < -0.3 is 14.7 Å². The highest BCUT2D eigenvalue weighted by molar-refractivity contribution is 5.92. The maximum absolute atomic E-state index is 12.4. The van der Waals surface area contributed by atoms with Gasteiger partial charge in [-0.05, 0) is 12.1 Å². The fourth-order valence-electron chi connectivity index (χ4n) is 3.62. The van der Waals surface area contributed by atoms with Crippen LogP contribution in [0.5, 0.6) is 0 Å². The first-order chi connectivity index (χ1) is 13.3. The number of quaternary nitrogens is 1. The van der Waals surface area contributed by atoms with Crippen LogP contribution in [-0.2, 0) is 11.3 Å². The van der Waals surface area contributed by atoms with Gasteiger partial charge in [-0.2, -0.15) is 0 Å². The molecule has 4 rings (SSSR count). The first-order valence-corrected chi connectivity index (χ1v) is 9.48. The summed E-state index contributed by atoms with van der Waals surface area (Å²) >= 11 is 0. The van der Waals surface area contributed by atoms with Crippen molar-refractivity contribution in [2.24, 2.45) is 5.92 Å². The minimum atomic E-state index is 0.0890. The van der Waals surface area contributed by atoms with Crippen molar-refractivity contribution in [1.82, 2.24) is 5.16 Å². The Kier molecular flexibility index (Phi) is 5.30. The molecule has 1 amide bonds.